The fourth-order valence-corrected chi connectivity index (χ4v) is 2.78. The molecule has 21 heavy (non-hydrogen) atoms. The Balaban J connectivity index is 1.43. The first kappa shape index (κ1) is 12.5. The Kier molecular flexibility index (Phi) is 2.95. The Morgan fingerprint density at radius 3 is 3.14 bits per heavy atom. The summed E-state index contributed by atoms with van der Waals surface area (Å²) in [5.74, 6) is 0.821. The van der Waals surface area contributed by atoms with E-state index in [1.54, 1.807) is 6.26 Å². The molecule has 0 aliphatic heterocycles. The number of nitrogens with zero attached hydrogens (tertiary/aromatic N) is 2. The molecule has 0 spiro atoms. The molecule has 1 saturated carbocycles. The van der Waals surface area contributed by atoms with Crippen molar-refractivity contribution in [1.82, 2.24) is 9.78 Å². The summed E-state index contributed by atoms with van der Waals surface area (Å²) in [6.07, 6.45) is 8.43. The highest BCUT2D eigenvalue weighted by atomic mass is 16.3. The highest BCUT2D eigenvalue weighted by molar-refractivity contribution is 5.77. The largest absolute Gasteiger partial charge is 0.464 e. The van der Waals surface area contributed by atoms with Crippen molar-refractivity contribution >= 4 is 16.7 Å². The van der Waals surface area contributed by atoms with Crippen LogP contribution in [0.5, 0.6) is 0 Å². The third-order valence-corrected chi connectivity index (χ3v) is 4.34. The summed E-state index contributed by atoms with van der Waals surface area (Å²) in [7, 11) is 0. The molecule has 2 aromatic heterocycles. The second-order valence-corrected chi connectivity index (χ2v) is 5.93. The van der Waals surface area contributed by atoms with Gasteiger partial charge < -0.3 is 9.73 Å². The summed E-state index contributed by atoms with van der Waals surface area (Å²) >= 11 is 0. The third kappa shape index (κ3) is 2.53. The van der Waals surface area contributed by atoms with Crippen LogP contribution in [0.15, 0.2) is 47.3 Å². The Bertz CT molecular complexity index is 754. The minimum atomic E-state index is 0.517. The Morgan fingerprint density at radius 1 is 1.38 bits per heavy atom. The fraction of sp³-hybridized carbons (Fsp3) is 0.353. The van der Waals surface area contributed by atoms with E-state index in [0.717, 1.165) is 29.1 Å². The van der Waals surface area contributed by atoms with Crippen molar-refractivity contribution in [2.75, 3.05) is 5.32 Å². The van der Waals surface area contributed by atoms with E-state index in [2.05, 4.69) is 40.4 Å². The van der Waals surface area contributed by atoms with Crippen LogP contribution in [-0.2, 0) is 6.54 Å². The molecule has 1 aliphatic carbocycles. The molecule has 0 amide bonds. The standard InChI is InChI=1S/C17H19N3O/c1-12(14-3-4-14)20-11-16(10-19-20)18-9-13-2-5-17-15(8-13)6-7-21-17/h2,5-8,10-12,14,18H,3-4,9H2,1H3. The molecule has 2 heterocycles. The molecule has 0 radical (unpaired) electrons. The van der Waals surface area contributed by atoms with Gasteiger partial charge >= 0.3 is 0 Å². The van der Waals surface area contributed by atoms with Gasteiger partial charge in [0.05, 0.1) is 24.2 Å². The van der Waals surface area contributed by atoms with Crippen molar-refractivity contribution in [2.45, 2.75) is 32.4 Å². The van der Waals surface area contributed by atoms with Gasteiger partial charge in [0.25, 0.3) is 0 Å². The van der Waals surface area contributed by atoms with Crippen LogP contribution < -0.4 is 5.32 Å². The average molecular weight is 281 g/mol. The number of furan rings is 1. The lowest BCUT2D eigenvalue weighted by atomic mass is 10.1. The van der Waals surface area contributed by atoms with Gasteiger partial charge in [-0.1, -0.05) is 6.07 Å². The van der Waals surface area contributed by atoms with Gasteiger partial charge in [-0.25, -0.2) is 0 Å². The summed E-state index contributed by atoms with van der Waals surface area (Å²) in [6.45, 7) is 3.05. The van der Waals surface area contributed by atoms with E-state index in [0.29, 0.717) is 6.04 Å². The van der Waals surface area contributed by atoms with Crippen LogP contribution in [0.2, 0.25) is 0 Å². The fourth-order valence-electron chi connectivity index (χ4n) is 2.78. The zero-order valence-corrected chi connectivity index (χ0v) is 12.1. The molecule has 1 atom stereocenters. The first-order chi connectivity index (χ1) is 10.3. The quantitative estimate of drug-likeness (QED) is 0.761. The van der Waals surface area contributed by atoms with E-state index in [9.17, 15) is 0 Å². The highest BCUT2D eigenvalue weighted by Gasteiger charge is 2.29. The smallest absolute Gasteiger partial charge is 0.133 e. The number of benzene rings is 1. The predicted molar refractivity (Wildman–Crippen MR) is 83.2 cm³/mol. The van der Waals surface area contributed by atoms with Crippen LogP contribution in [0.25, 0.3) is 11.0 Å². The Hall–Kier alpha value is -2.23. The topological polar surface area (TPSA) is 43.0 Å². The van der Waals surface area contributed by atoms with Gasteiger partial charge in [-0.3, -0.25) is 4.68 Å². The van der Waals surface area contributed by atoms with E-state index in [4.69, 9.17) is 4.42 Å². The van der Waals surface area contributed by atoms with E-state index in [-0.39, 0.29) is 0 Å². The van der Waals surface area contributed by atoms with E-state index < -0.39 is 0 Å². The monoisotopic (exact) mass is 281 g/mol. The summed E-state index contributed by atoms with van der Waals surface area (Å²) in [5.41, 5.74) is 3.26. The molecule has 0 saturated heterocycles. The molecule has 4 nitrogen and oxygen atoms in total. The zero-order valence-electron chi connectivity index (χ0n) is 12.1. The minimum Gasteiger partial charge on any atom is -0.464 e. The highest BCUT2D eigenvalue weighted by Crippen LogP contribution is 2.39. The Labute approximate surface area is 123 Å². The summed E-state index contributed by atoms with van der Waals surface area (Å²) in [4.78, 5) is 0. The van der Waals surface area contributed by atoms with E-state index >= 15 is 0 Å². The van der Waals surface area contributed by atoms with Crippen LogP contribution in [0.3, 0.4) is 0 Å². The second kappa shape index (κ2) is 4.95. The van der Waals surface area contributed by atoms with Crippen LogP contribution in [-0.4, -0.2) is 9.78 Å². The van der Waals surface area contributed by atoms with Gasteiger partial charge in [0, 0.05) is 18.1 Å². The molecule has 1 aliphatic rings. The number of fused-ring (bicyclic) bond motifs is 1. The van der Waals surface area contributed by atoms with Gasteiger partial charge in [-0.15, -0.1) is 0 Å². The van der Waals surface area contributed by atoms with Gasteiger partial charge in [0.2, 0.25) is 0 Å². The number of hydrogen-bond acceptors (Lipinski definition) is 3. The first-order valence-corrected chi connectivity index (χ1v) is 7.54. The molecule has 4 rings (SSSR count). The van der Waals surface area contributed by atoms with Gasteiger partial charge in [0.1, 0.15) is 5.58 Å². The van der Waals surface area contributed by atoms with Gasteiger partial charge in [0.15, 0.2) is 0 Å². The predicted octanol–water partition coefficient (Wildman–Crippen LogP) is 4.21. The molecule has 1 aromatic carbocycles. The normalized spacial score (nSPS) is 16.2. The van der Waals surface area contributed by atoms with Crippen molar-refractivity contribution in [3.8, 4) is 0 Å². The first-order valence-electron chi connectivity index (χ1n) is 7.54. The van der Waals surface area contributed by atoms with Crippen LogP contribution in [0.4, 0.5) is 5.69 Å². The van der Waals surface area contributed by atoms with Crippen LogP contribution >= 0.6 is 0 Å². The second-order valence-electron chi connectivity index (χ2n) is 5.93. The summed E-state index contributed by atoms with van der Waals surface area (Å²) < 4.78 is 7.44. The van der Waals surface area contributed by atoms with Crippen molar-refractivity contribution in [1.29, 1.82) is 0 Å². The molecule has 108 valence electrons. The molecule has 1 unspecified atom stereocenters. The van der Waals surface area contributed by atoms with Crippen molar-refractivity contribution in [3.63, 3.8) is 0 Å². The number of nitrogens with one attached hydrogen (secondary N) is 1. The SMILES string of the molecule is CC(C1CC1)n1cc(NCc2ccc3occc3c2)cn1. The third-order valence-electron chi connectivity index (χ3n) is 4.34. The lowest BCUT2D eigenvalue weighted by molar-refractivity contribution is 0.440. The number of anilines is 1. The maximum Gasteiger partial charge on any atom is 0.133 e. The van der Waals surface area contributed by atoms with Gasteiger partial charge in [-0.2, -0.15) is 5.10 Å². The molecule has 1 N–H and O–H groups in total. The molecule has 0 bridgehead atoms. The molecule has 4 heteroatoms. The number of rotatable bonds is 5. The van der Waals surface area contributed by atoms with Crippen LogP contribution in [0, 0.1) is 5.92 Å². The van der Waals surface area contributed by atoms with E-state index in [1.807, 2.05) is 18.3 Å². The average Bonchev–Trinajstić information content (AvgIpc) is 3.07. The lowest BCUT2D eigenvalue weighted by Crippen LogP contribution is -2.07. The molecule has 3 aromatic rings. The van der Waals surface area contributed by atoms with Crippen molar-refractivity contribution in [2.24, 2.45) is 5.92 Å². The lowest BCUT2D eigenvalue weighted by Gasteiger charge is -2.09. The summed E-state index contributed by atoms with van der Waals surface area (Å²) in [6, 6.07) is 8.78. The molecule has 1 fully saturated rings. The zero-order chi connectivity index (χ0) is 14.2. The number of hydrogen-bond donors (Lipinski definition) is 1. The van der Waals surface area contributed by atoms with Crippen LogP contribution in [0.1, 0.15) is 31.4 Å². The van der Waals surface area contributed by atoms with Crippen molar-refractivity contribution < 1.29 is 4.42 Å². The molecular weight excluding hydrogens is 262 g/mol. The van der Waals surface area contributed by atoms with Gasteiger partial charge in [-0.05, 0) is 49.4 Å². The maximum absolute atomic E-state index is 5.36. The molecular formula is C17H19N3O. The van der Waals surface area contributed by atoms with Crippen molar-refractivity contribution in [3.05, 3.63) is 48.5 Å². The Morgan fingerprint density at radius 2 is 2.29 bits per heavy atom. The number of aromatic nitrogens is 2. The maximum atomic E-state index is 5.36. The summed E-state index contributed by atoms with van der Waals surface area (Å²) in [5, 5.41) is 9.05. The van der Waals surface area contributed by atoms with E-state index in [1.165, 1.54) is 18.4 Å². The minimum absolute atomic E-state index is 0.517.